The van der Waals surface area contributed by atoms with Gasteiger partial charge in [-0.1, -0.05) is 113 Å². The largest absolute Gasteiger partial charge is 0.480 e. The van der Waals surface area contributed by atoms with E-state index in [1.165, 1.54) is 0 Å². The quantitative estimate of drug-likeness (QED) is 0.204. The molecular weight excluding hydrogens is 528 g/mol. The fraction of sp³-hybridized carbons (Fsp3) is 0.400. The molecule has 42 heavy (non-hydrogen) atoms. The van der Waals surface area contributed by atoms with Gasteiger partial charge in [0.15, 0.2) is 0 Å². The number of benzene rings is 3. The Bertz CT molecular complexity index is 1260. The Kier molecular flexibility index (Phi) is 12.6. The molecule has 3 aromatic rings. The second-order valence-electron chi connectivity index (χ2n) is 11.7. The molecule has 0 spiro atoms. The van der Waals surface area contributed by atoms with Crippen LogP contribution in [0, 0.1) is 17.8 Å². The number of ether oxygens (including phenoxy) is 1. The first-order valence-corrected chi connectivity index (χ1v) is 14.8. The maximum Gasteiger partial charge on any atom is 0.326 e. The van der Waals surface area contributed by atoms with Crippen LogP contribution in [0.1, 0.15) is 45.2 Å². The number of carbonyl (C=O) groups is 3. The van der Waals surface area contributed by atoms with E-state index in [9.17, 15) is 19.5 Å². The standard InChI is InChI=1S/C35H44N2O5/c1-25(2)22-37(23-31(34(40)42-24-26(3)4)20-15-27-11-7-5-8-12-27)35(41)36-32(33(38)39)21-28-16-18-30(19-17-28)29-13-9-6-10-14-29/h5-14,16-19,25-26,31-32H,15,20-24H2,1-4H3,(H,36,41)(H,38,39)/t31?,32-/m0/s1. The van der Waals surface area contributed by atoms with Crippen molar-refractivity contribution in [2.45, 2.75) is 53.0 Å². The molecule has 0 aromatic heterocycles. The molecule has 3 aromatic carbocycles. The average Bonchev–Trinajstić information content (AvgIpc) is 2.98. The zero-order valence-electron chi connectivity index (χ0n) is 25.2. The van der Waals surface area contributed by atoms with E-state index >= 15 is 0 Å². The van der Waals surface area contributed by atoms with Gasteiger partial charge in [-0.15, -0.1) is 0 Å². The first-order chi connectivity index (χ1) is 20.1. The Morgan fingerprint density at radius 2 is 1.36 bits per heavy atom. The highest BCUT2D eigenvalue weighted by Crippen LogP contribution is 2.20. The van der Waals surface area contributed by atoms with Crippen LogP contribution in [0.2, 0.25) is 0 Å². The van der Waals surface area contributed by atoms with Gasteiger partial charge in [-0.2, -0.15) is 0 Å². The van der Waals surface area contributed by atoms with Crippen molar-refractivity contribution in [1.29, 1.82) is 0 Å². The number of carboxylic acids is 1. The molecule has 1 unspecified atom stereocenters. The molecule has 2 N–H and O–H groups in total. The molecule has 0 aliphatic heterocycles. The Morgan fingerprint density at radius 3 is 1.93 bits per heavy atom. The lowest BCUT2D eigenvalue weighted by molar-refractivity contribution is -0.150. The summed E-state index contributed by atoms with van der Waals surface area (Å²) in [5, 5.41) is 12.7. The molecular formula is C35H44N2O5. The molecule has 2 amide bonds. The number of esters is 1. The fourth-order valence-corrected chi connectivity index (χ4v) is 4.72. The Balaban J connectivity index is 1.72. The lowest BCUT2D eigenvalue weighted by Gasteiger charge is -2.30. The van der Waals surface area contributed by atoms with Gasteiger partial charge < -0.3 is 20.1 Å². The van der Waals surface area contributed by atoms with Crippen molar-refractivity contribution in [1.82, 2.24) is 10.2 Å². The van der Waals surface area contributed by atoms with Crippen LogP contribution >= 0.6 is 0 Å². The summed E-state index contributed by atoms with van der Waals surface area (Å²) >= 11 is 0. The number of hydrogen-bond acceptors (Lipinski definition) is 4. The van der Waals surface area contributed by atoms with Gasteiger partial charge >= 0.3 is 18.0 Å². The van der Waals surface area contributed by atoms with E-state index in [0.29, 0.717) is 26.0 Å². The lowest BCUT2D eigenvalue weighted by Crippen LogP contribution is -2.51. The van der Waals surface area contributed by atoms with Gasteiger partial charge in [0.2, 0.25) is 0 Å². The predicted molar refractivity (Wildman–Crippen MR) is 166 cm³/mol. The minimum Gasteiger partial charge on any atom is -0.480 e. The van der Waals surface area contributed by atoms with E-state index in [1.807, 2.05) is 113 Å². The monoisotopic (exact) mass is 572 g/mol. The number of hydrogen-bond donors (Lipinski definition) is 2. The van der Waals surface area contributed by atoms with E-state index in [0.717, 1.165) is 22.3 Å². The fourth-order valence-electron chi connectivity index (χ4n) is 4.72. The van der Waals surface area contributed by atoms with Gasteiger partial charge in [-0.3, -0.25) is 4.79 Å². The summed E-state index contributed by atoms with van der Waals surface area (Å²) in [5.41, 5.74) is 4.01. The van der Waals surface area contributed by atoms with Gasteiger partial charge in [0.25, 0.3) is 0 Å². The third-order valence-corrected chi connectivity index (χ3v) is 6.93. The highest BCUT2D eigenvalue weighted by atomic mass is 16.5. The van der Waals surface area contributed by atoms with Crippen molar-refractivity contribution >= 4 is 18.0 Å². The smallest absolute Gasteiger partial charge is 0.326 e. The number of carbonyl (C=O) groups excluding carboxylic acids is 2. The van der Waals surface area contributed by atoms with Crippen LogP contribution in [0.25, 0.3) is 11.1 Å². The van der Waals surface area contributed by atoms with Crippen LogP contribution in [0.5, 0.6) is 0 Å². The van der Waals surface area contributed by atoms with Crippen LogP contribution in [-0.4, -0.2) is 53.7 Å². The molecule has 0 aliphatic rings. The van der Waals surface area contributed by atoms with Crippen molar-refractivity contribution in [2.24, 2.45) is 17.8 Å². The predicted octanol–water partition coefficient (Wildman–Crippen LogP) is 6.47. The molecule has 3 rings (SSSR count). The van der Waals surface area contributed by atoms with Gasteiger partial charge in [0.05, 0.1) is 12.5 Å². The molecule has 224 valence electrons. The molecule has 0 aliphatic carbocycles. The lowest BCUT2D eigenvalue weighted by atomic mass is 9.98. The Hall–Kier alpha value is -4.13. The van der Waals surface area contributed by atoms with E-state index < -0.39 is 24.0 Å². The van der Waals surface area contributed by atoms with Crippen molar-refractivity contribution < 1.29 is 24.2 Å². The summed E-state index contributed by atoms with van der Waals surface area (Å²) in [6.45, 7) is 8.76. The number of amides is 2. The molecule has 0 fully saturated rings. The summed E-state index contributed by atoms with van der Waals surface area (Å²) < 4.78 is 5.59. The van der Waals surface area contributed by atoms with E-state index in [-0.39, 0.29) is 30.8 Å². The third-order valence-electron chi connectivity index (χ3n) is 6.93. The molecule has 0 radical (unpaired) electrons. The minimum atomic E-state index is -1.12. The zero-order chi connectivity index (χ0) is 30.5. The van der Waals surface area contributed by atoms with Crippen molar-refractivity contribution in [3.63, 3.8) is 0 Å². The highest BCUT2D eigenvalue weighted by molar-refractivity contribution is 5.83. The molecule has 0 heterocycles. The number of nitrogens with one attached hydrogen (secondary N) is 1. The third kappa shape index (κ3) is 10.7. The van der Waals surface area contributed by atoms with Crippen LogP contribution < -0.4 is 5.32 Å². The van der Waals surface area contributed by atoms with Gasteiger partial charge in [0, 0.05) is 19.5 Å². The number of nitrogens with zero attached hydrogens (tertiary/aromatic N) is 1. The zero-order valence-corrected chi connectivity index (χ0v) is 25.2. The van der Waals surface area contributed by atoms with Crippen LogP contribution in [-0.2, 0) is 27.2 Å². The molecule has 2 atom stereocenters. The van der Waals surface area contributed by atoms with Crippen molar-refractivity contribution in [3.8, 4) is 11.1 Å². The number of carboxylic acid groups (broad SMARTS) is 1. The summed E-state index contributed by atoms with van der Waals surface area (Å²) in [5.74, 6) is -1.68. The summed E-state index contributed by atoms with van der Waals surface area (Å²) in [7, 11) is 0. The van der Waals surface area contributed by atoms with Crippen LogP contribution in [0.15, 0.2) is 84.9 Å². The first-order valence-electron chi connectivity index (χ1n) is 14.8. The SMILES string of the molecule is CC(C)COC(=O)C(CCc1ccccc1)CN(CC(C)C)C(=O)N[C@@H](Cc1ccc(-c2ccccc2)cc1)C(=O)O. The van der Waals surface area contributed by atoms with Crippen LogP contribution in [0.3, 0.4) is 0 Å². The second-order valence-corrected chi connectivity index (χ2v) is 11.7. The summed E-state index contributed by atoms with van der Waals surface area (Å²) in [6.07, 6.45) is 1.31. The molecule has 0 saturated carbocycles. The van der Waals surface area contributed by atoms with E-state index in [2.05, 4.69) is 5.32 Å². The minimum absolute atomic E-state index is 0.117. The topological polar surface area (TPSA) is 95.9 Å². The number of urea groups is 1. The van der Waals surface area contributed by atoms with Gasteiger partial charge in [-0.05, 0) is 46.9 Å². The van der Waals surface area contributed by atoms with E-state index in [4.69, 9.17) is 4.74 Å². The molecule has 0 bridgehead atoms. The Morgan fingerprint density at radius 1 is 0.762 bits per heavy atom. The number of rotatable bonds is 15. The highest BCUT2D eigenvalue weighted by Gasteiger charge is 2.29. The summed E-state index contributed by atoms with van der Waals surface area (Å²) in [6, 6.07) is 25.9. The normalized spacial score (nSPS) is 12.5. The van der Waals surface area contributed by atoms with Crippen LogP contribution in [0.4, 0.5) is 4.79 Å². The Labute approximate surface area is 249 Å². The maximum atomic E-state index is 13.5. The molecule has 0 saturated heterocycles. The van der Waals surface area contributed by atoms with E-state index in [1.54, 1.807) is 4.90 Å². The molecule has 7 heteroatoms. The molecule has 7 nitrogen and oxygen atoms in total. The number of aliphatic carboxylic acids is 1. The van der Waals surface area contributed by atoms with Crippen molar-refractivity contribution in [3.05, 3.63) is 96.1 Å². The van der Waals surface area contributed by atoms with Gasteiger partial charge in [0.1, 0.15) is 6.04 Å². The average molecular weight is 573 g/mol. The van der Waals surface area contributed by atoms with Crippen molar-refractivity contribution in [2.75, 3.05) is 19.7 Å². The number of aryl methyl sites for hydroxylation is 1. The second kappa shape index (κ2) is 16.3. The van der Waals surface area contributed by atoms with Gasteiger partial charge in [-0.25, -0.2) is 9.59 Å². The first kappa shape index (κ1) is 32.4. The maximum absolute atomic E-state index is 13.5. The summed E-state index contributed by atoms with van der Waals surface area (Å²) in [4.78, 5) is 40.4.